The number of ether oxygens (including phenoxy) is 1. The molecule has 1 rings (SSSR count). The van der Waals surface area contributed by atoms with Crippen LogP contribution in [-0.4, -0.2) is 30.5 Å². The smallest absolute Gasteiger partial charge is 0.239 e. The van der Waals surface area contributed by atoms with Crippen molar-refractivity contribution in [3.05, 3.63) is 23.9 Å². The second kappa shape index (κ2) is 6.88. The van der Waals surface area contributed by atoms with Crippen molar-refractivity contribution >= 4 is 11.8 Å². The summed E-state index contributed by atoms with van der Waals surface area (Å²) in [6.07, 6.45) is 1.61. The van der Waals surface area contributed by atoms with Gasteiger partial charge in [0.2, 0.25) is 17.7 Å². The zero-order chi connectivity index (χ0) is 15.2. The molecule has 0 saturated heterocycles. The van der Waals surface area contributed by atoms with Gasteiger partial charge in [0.15, 0.2) is 0 Å². The van der Waals surface area contributed by atoms with Crippen LogP contribution in [-0.2, 0) is 16.1 Å². The van der Waals surface area contributed by atoms with Crippen molar-refractivity contribution in [1.29, 1.82) is 0 Å². The van der Waals surface area contributed by atoms with Crippen LogP contribution in [0, 0.1) is 5.41 Å². The molecule has 0 spiro atoms. The second-order valence-corrected chi connectivity index (χ2v) is 5.42. The zero-order valence-electron chi connectivity index (χ0n) is 12.3. The van der Waals surface area contributed by atoms with Crippen molar-refractivity contribution in [3.8, 4) is 5.88 Å². The Morgan fingerprint density at radius 1 is 1.30 bits per heavy atom. The molecule has 2 N–H and O–H groups in total. The van der Waals surface area contributed by atoms with Gasteiger partial charge in [0, 0.05) is 24.2 Å². The van der Waals surface area contributed by atoms with Gasteiger partial charge in [0.25, 0.3) is 0 Å². The standard InChI is InChI=1S/C14H21N3O3/c1-14(2,3)13(19)17-9-11(18)16-8-10-5-6-15-12(7-10)20-4/h5-7H,8-9H2,1-4H3,(H,16,18)(H,17,19). The zero-order valence-corrected chi connectivity index (χ0v) is 12.3. The van der Waals surface area contributed by atoms with Crippen LogP contribution in [0.4, 0.5) is 0 Å². The predicted molar refractivity (Wildman–Crippen MR) is 75.1 cm³/mol. The molecule has 0 radical (unpaired) electrons. The first kappa shape index (κ1) is 15.9. The molecule has 0 aliphatic carbocycles. The van der Waals surface area contributed by atoms with E-state index in [0.717, 1.165) is 5.56 Å². The first-order valence-corrected chi connectivity index (χ1v) is 6.37. The number of carbonyl (C=O) groups is 2. The fourth-order valence-corrected chi connectivity index (χ4v) is 1.36. The van der Waals surface area contributed by atoms with Gasteiger partial charge in [-0.3, -0.25) is 9.59 Å². The van der Waals surface area contributed by atoms with Crippen LogP contribution in [0.2, 0.25) is 0 Å². The van der Waals surface area contributed by atoms with Gasteiger partial charge in [-0.25, -0.2) is 4.98 Å². The number of nitrogens with zero attached hydrogens (tertiary/aromatic N) is 1. The lowest BCUT2D eigenvalue weighted by Gasteiger charge is -2.17. The second-order valence-electron chi connectivity index (χ2n) is 5.42. The summed E-state index contributed by atoms with van der Waals surface area (Å²) in [7, 11) is 1.53. The van der Waals surface area contributed by atoms with E-state index in [-0.39, 0.29) is 18.4 Å². The van der Waals surface area contributed by atoms with E-state index in [1.807, 2.05) is 0 Å². The fourth-order valence-electron chi connectivity index (χ4n) is 1.36. The maximum absolute atomic E-state index is 11.6. The highest BCUT2D eigenvalue weighted by Crippen LogP contribution is 2.12. The van der Waals surface area contributed by atoms with E-state index >= 15 is 0 Å². The quantitative estimate of drug-likeness (QED) is 0.838. The van der Waals surface area contributed by atoms with Gasteiger partial charge >= 0.3 is 0 Å². The molecule has 1 heterocycles. The number of aromatic nitrogens is 1. The molecule has 0 aromatic carbocycles. The monoisotopic (exact) mass is 279 g/mol. The van der Waals surface area contributed by atoms with Crippen LogP contribution in [0.3, 0.4) is 0 Å². The Morgan fingerprint density at radius 2 is 2.00 bits per heavy atom. The summed E-state index contributed by atoms with van der Waals surface area (Å²) < 4.78 is 5.00. The lowest BCUT2D eigenvalue weighted by Crippen LogP contribution is -2.41. The minimum atomic E-state index is -0.501. The van der Waals surface area contributed by atoms with Crippen LogP contribution in [0.25, 0.3) is 0 Å². The fraction of sp³-hybridized carbons (Fsp3) is 0.500. The van der Waals surface area contributed by atoms with E-state index in [1.54, 1.807) is 39.1 Å². The van der Waals surface area contributed by atoms with E-state index in [4.69, 9.17) is 4.74 Å². The van der Waals surface area contributed by atoms with Crippen molar-refractivity contribution in [3.63, 3.8) is 0 Å². The Balaban J connectivity index is 2.38. The van der Waals surface area contributed by atoms with E-state index < -0.39 is 5.41 Å². The minimum Gasteiger partial charge on any atom is -0.481 e. The summed E-state index contributed by atoms with van der Waals surface area (Å²) in [4.78, 5) is 27.2. The third-order valence-electron chi connectivity index (χ3n) is 2.59. The molecule has 0 fully saturated rings. The molecular formula is C14H21N3O3. The normalized spacial score (nSPS) is 10.8. The number of hydrogen-bond acceptors (Lipinski definition) is 4. The van der Waals surface area contributed by atoms with Gasteiger partial charge in [-0.15, -0.1) is 0 Å². The minimum absolute atomic E-state index is 0.0294. The third-order valence-corrected chi connectivity index (χ3v) is 2.59. The number of methoxy groups -OCH3 is 1. The highest BCUT2D eigenvalue weighted by atomic mass is 16.5. The molecule has 0 saturated carbocycles. The van der Waals surface area contributed by atoms with Crippen molar-refractivity contribution in [2.75, 3.05) is 13.7 Å². The third kappa shape index (κ3) is 5.26. The first-order valence-electron chi connectivity index (χ1n) is 6.37. The predicted octanol–water partition coefficient (Wildman–Crippen LogP) is 0.869. The van der Waals surface area contributed by atoms with Crippen LogP contribution in [0.15, 0.2) is 18.3 Å². The summed E-state index contributed by atoms with van der Waals surface area (Å²) in [5.74, 6) is 0.106. The largest absolute Gasteiger partial charge is 0.481 e. The van der Waals surface area contributed by atoms with Gasteiger partial charge in [0.1, 0.15) is 0 Å². The maximum Gasteiger partial charge on any atom is 0.239 e. The van der Waals surface area contributed by atoms with Crippen molar-refractivity contribution in [2.45, 2.75) is 27.3 Å². The van der Waals surface area contributed by atoms with Crippen LogP contribution in [0.5, 0.6) is 5.88 Å². The number of carbonyl (C=O) groups excluding carboxylic acids is 2. The van der Waals surface area contributed by atoms with Crippen molar-refractivity contribution in [2.24, 2.45) is 5.41 Å². The summed E-state index contributed by atoms with van der Waals surface area (Å²) in [6.45, 7) is 5.72. The Hall–Kier alpha value is -2.11. The molecule has 1 aromatic rings. The van der Waals surface area contributed by atoms with Crippen molar-refractivity contribution < 1.29 is 14.3 Å². The molecule has 0 bridgehead atoms. The molecule has 110 valence electrons. The molecule has 20 heavy (non-hydrogen) atoms. The average molecular weight is 279 g/mol. The summed E-state index contributed by atoms with van der Waals surface area (Å²) in [6, 6.07) is 3.53. The lowest BCUT2D eigenvalue weighted by molar-refractivity contribution is -0.131. The van der Waals surface area contributed by atoms with E-state index in [9.17, 15) is 9.59 Å². The van der Waals surface area contributed by atoms with E-state index in [1.165, 1.54) is 7.11 Å². The Morgan fingerprint density at radius 3 is 2.60 bits per heavy atom. The van der Waals surface area contributed by atoms with Gasteiger partial charge in [0.05, 0.1) is 13.7 Å². The van der Waals surface area contributed by atoms with Crippen LogP contribution in [0.1, 0.15) is 26.3 Å². The molecule has 6 heteroatoms. The van der Waals surface area contributed by atoms with Crippen molar-refractivity contribution in [1.82, 2.24) is 15.6 Å². The number of hydrogen-bond donors (Lipinski definition) is 2. The van der Waals surface area contributed by atoms with Gasteiger partial charge < -0.3 is 15.4 Å². The highest BCUT2D eigenvalue weighted by Gasteiger charge is 2.21. The molecule has 0 aliphatic heterocycles. The molecule has 1 aromatic heterocycles. The molecule has 0 aliphatic rings. The molecule has 6 nitrogen and oxygen atoms in total. The van der Waals surface area contributed by atoms with E-state index in [2.05, 4.69) is 15.6 Å². The average Bonchev–Trinajstić information content (AvgIpc) is 2.41. The molecular weight excluding hydrogens is 258 g/mol. The SMILES string of the molecule is COc1cc(CNC(=O)CNC(=O)C(C)(C)C)ccn1. The maximum atomic E-state index is 11.6. The molecule has 0 unspecified atom stereocenters. The number of nitrogens with one attached hydrogen (secondary N) is 2. The highest BCUT2D eigenvalue weighted by molar-refractivity contribution is 5.87. The Bertz CT molecular complexity index is 481. The Kier molecular flexibility index (Phi) is 5.49. The Labute approximate surface area is 118 Å². The summed E-state index contributed by atoms with van der Waals surface area (Å²) in [5, 5.41) is 5.31. The van der Waals surface area contributed by atoms with Crippen LogP contribution >= 0.6 is 0 Å². The van der Waals surface area contributed by atoms with E-state index in [0.29, 0.717) is 12.4 Å². The number of rotatable bonds is 5. The van der Waals surface area contributed by atoms with Gasteiger partial charge in [-0.1, -0.05) is 20.8 Å². The summed E-state index contributed by atoms with van der Waals surface area (Å²) in [5.41, 5.74) is 0.381. The first-order chi connectivity index (χ1) is 9.32. The van der Waals surface area contributed by atoms with Gasteiger partial charge in [-0.05, 0) is 11.6 Å². The molecule has 2 amide bonds. The topological polar surface area (TPSA) is 80.3 Å². The lowest BCUT2D eigenvalue weighted by atomic mass is 9.96. The summed E-state index contributed by atoms with van der Waals surface area (Å²) >= 11 is 0. The number of amides is 2. The molecule has 0 atom stereocenters. The van der Waals surface area contributed by atoms with Crippen LogP contribution < -0.4 is 15.4 Å². The number of pyridine rings is 1. The van der Waals surface area contributed by atoms with Gasteiger partial charge in [-0.2, -0.15) is 0 Å².